The van der Waals surface area contributed by atoms with Crippen molar-refractivity contribution >= 4 is 0 Å². The normalized spacial score (nSPS) is 0. The van der Waals surface area contributed by atoms with Gasteiger partial charge in [0.05, 0.1) is 0 Å². The van der Waals surface area contributed by atoms with Crippen LogP contribution >= 0.6 is 0 Å². The fourth-order valence-electron chi connectivity index (χ4n) is 0. The van der Waals surface area contributed by atoms with E-state index in [0.29, 0.717) is 0 Å². The van der Waals surface area contributed by atoms with E-state index in [9.17, 15) is 0 Å². The number of hydrogen-bond donors (Lipinski definition) is 0. The van der Waals surface area contributed by atoms with Crippen molar-refractivity contribution in [1.82, 2.24) is 0 Å². The number of rotatable bonds is 0. The predicted molar refractivity (Wildman–Crippen MR) is 1.80 cm³/mol. The fourth-order valence-corrected chi connectivity index (χ4v) is 0. The molecule has 0 spiro atoms. The molecule has 0 fully saturated rings. The molecule has 4 heteroatoms. The minimum absolute atomic E-state index is 0. The van der Waals surface area contributed by atoms with Crippen LogP contribution < -0.4 is 18.9 Å². The maximum Gasteiger partial charge on any atom is 2.00 e. The molecule has 0 unspecified atom stereocenters. The Labute approximate surface area is 59.3 Å². The first-order valence-electron chi connectivity index (χ1n) is 0. The molecule has 0 saturated carbocycles. The average molecular weight is 146 g/mol. The van der Waals surface area contributed by atoms with Gasteiger partial charge in [-0.05, 0) is 0 Å². The smallest absolute Gasteiger partial charge is 2.00 e. The molecule has 0 amide bonds. The van der Waals surface area contributed by atoms with Gasteiger partial charge >= 0.3 is 35.9 Å². The van der Waals surface area contributed by atoms with Gasteiger partial charge in [-0.15, -0.1) is 0 Å². The van der Waals surface area contributed by atoms with Gasteiger partial charge < -0.3 is 6.90 Å². The molecular formula is HCuLiNiO. The van der Waals surface area contributed by atoms with E-state index in [2.05, 4.69) is 0 Å². The van der Waals surface area contributed by atoms with Gasteiger partial charge in [-0.3, -0.25) is 0 Å². The van der Waals surface area contributed by atoms with Crippen LogP contribution in [0.15, 0.2) is 0 Å². The van der Waals surface area contributed by atoms with Gasteiger partial charge in [0, 0.05) is 16.5 Å². The molecule has 0 N–H and O–H groups in total. The first-order chi connectivity index (χ1) is 0. The molecule has 0 bridgehead atoms. The van der Waals surface area contributed by atoms with Crippen LogP contribution in [0.1, 0.15) is 1.43 Å². The van der Waals surface area contributed by atoms with Crippen LogP contribution in [-0.2, 0) is 39.0 Å². The Morgan fingerprint density at radius 3 is 1.25 bits per heavy atom. The summed E-state index contributed by atoms with van der Waals surface area (Å²) in [5.74, 6) is 0. The standard InChI is InChI=1S/Cu.Li.Ni.O.H/q+2;+1;;-2;-1. The van der Waals surface area contributed by atoms with Gasteiger partial charge in [0.2, 0.25) is 0 Å². The average Bonchev–Trinajstić information content (AvgIpc) is 0. The van der Waals surface area contributed by atoms with Crippen molar-refractivity contribution in [3.05, 3.63) is 0 Å². The minimum Gasteiger partial charge on any atom is -2.00 e. The van der Waals surface area contributed by atoms with Gasteiger partial charge in [0.15, 0.2) is 0 Å². The Morgan fingerprint density at radius 1 is 1.25 bits per heavy atom. The topological polar surface area (TPSA) is 28.5 Å². The van der Waals surface area contributed by atoms with Crippen LogP contribution in [0.3, 0.4) is 0 Å². The van der Waals surface area contributed by atoms with E-state index in [0.717, 1.165) is 0 Å². The second kappa shape index (κ2) is 23.6. The molecule has 0 atom stereocenters. The van der Waals surface area contributed by atoms with Gasteiger partial charge in [0.1, 0.15) is 0 Å². The molecular weight excluding hydrogens is 145 g/mol. The first-order valence-corrected chi connectivity index (χ1v) is 0. The Balaban J connectivity index is 0. The molecule has 1 radical (unpaired) electrons. The second-order valence-electron chi connectivity index (χ2n) is 0. The summed E-state index contributed by atoms with van der Waals surface area (Å²) in [4.78, 5) is 0. The summed E-state index contributed by atoms with van der Waals surface area (Å²) in [6.07, 6.45) is 0. The van der Waals surface area contributed by atoms with Crippen LogP contribution in [0.4, 0.5) is 0 Å². The van der Waals surface area contributed by atoms with Crippen LogP contribution in [-0.4, -0.2) is 0 Å². The van der Waals surface area contributed by atoms with Gasteiger partial charge in [-0.25, -0.2) is 0 Å². The van der Waals surface area contributed by atoms with E-state index in [1.54, 1.807) is 0 Å². The largest absolute Gasteiger partial charge is 2.00 e. The summed E-state index contributed by atoms with van der Waals surface area (Å²) < 4.78 is 0. The van der Waals surface area contributed by atoms with Gasteiger partial charge in [-0.2, -0.15) is 0 Å². The number of hydrogen-bond acceptors (Lipinski definition) is 0. The molecule has 1 nitrogen and oxygen atoms in total. The van der Waals surface area contributed by atoms with E-state index in [-0.39, 0.29) is 59.3 Å². The Hall–Kier alpha value is 1.57. The zero-order chi connectivity index (χ0) is 0. The van der Waals surface area contributed by atoms with E-state index in [1.165, 1.54) is 0 Å². The first kappa shape index (κ1) is 47.2. The molecule has 0 aromatic rings. The zero-order valence-electron chi connectivity index (χ0n) is 3.03. The quantitative estimate of drug-likeness (QED) is 0.326. The van der Waals surface area contributed by atoms with Gasteiger partial charge in [0.25, 0.3) is 0 Å². The van der Waals surface area contributed by atoms with Crippen molar-refractivity contribution in [2.24, 2.45) is 0 Å². The molecule has 4 heavy (non-hydrogen) atoms. The van der Waals surface area contributed by atoms with Crippen molar-refractivity contribution in [3.63, 3.8) is 0 Å². The third kappa shape index (κ3) is 9.57. The maximum atomic E-state index is 0. The van der Waals surface area contributed by atoms with E-state index < -0.39 is 0 Å². The molecule has 0 heterocycles. The van der Waals surface area contributed by atoms with Crippen LogP contribution in [0, 0.1) is 0 Å². The molecule has 0 aliphatic rings. The SMILES string of the molecule is [Cu+2].[H-].[Li+].[Ni].[O-2]. The van der Waals surface area contributed by atoms with Crippen molar-refractivity contribution in [2.45, 2.75) is 0 Å². The van der Waals surface area contributed by atoms with E-state index >= 15 is 0 Å². The Morgan fingerprint density at radius 2 is 1.25 bits per heavy atom. The third-order valence-electron chi connectivity index (χ3n) is 0. The van der Waals surface area contributed by atoms with Crippen LogP contribution in [0.25, 0.3) is 0 Å². The van der Waals surface area contributed by atoms with E-state index in [4.69, 9.17) is 0 Å². The second-order valence-corrected chi connectivity index (χ2v) is 0. The molecule has 0 aromatic heterocycles. The predicted octanol–water partition coefficient (Wildman–Crippen LogP) is -3.01. The Bertz CT molecular complexity index is 11.6. The third-order valence-corrected chi connectivity index (χ3v) is 0. The fraction of sp³-hybridized carbons (Fsp3) is 0. The zero-order valence-corrected chi connectivity index (χ0v) is 3.96. The molecule has 0 aliphatic heterocycles. The monoisotopic (exact) mass is 145 g/mol. The van der Waals surface area contributed by atoms with Crippen LogP contribution in [0.5, 0.6) is 0 Å². The van der Waals surface area contributed by atoms with Crippen molar-refractivity contribution in [1.29, 1.82) is 0 Å². The van der Waals surface area contributed by atoms with E-state index in [1.807, 2.05) is 0 Å². The summed E-state index contributed by atoms with van der Waals surface area (Å²) in [6, 6.07) is 0. The van der Waals surface area contributed by atoms with Crippen molar-refractivity contribution in [3.8, 4) is 0 Å². The molecule has 0 aliphatic carbocycles. The maximum absolute atomic E-state index is 0. The molecule has 0 aromatic carbocycles. The summed E-state index contributed by atoms with van der Waals surface area (Å²) in [5.41, 5.74) is 0. The Kier molecular flexibility index (Phi) is 279. The molecule has 0 rings (SSSR count). The molecule has 0 saturated heterocycles. The summed E-state index contributed by atoms with van der Waals surface area (Å²) >= 11 is 0. The van der Waals surface area contributed by atoms with Crippen LogP contribution in [0.2, 0.25) is 0 Å². The minimum atomic E-state index is 0. The van der Waals surface area contributed by atoms with Crippen molar-refractivity contribution in [2.75, 3.05) is 0 Å². The summed E-state index contributed by atoms with van der Waals surface area (Å²) in [7, 11) is 0. The van der Waals surface area contributed by atoms with Crippen molar-refractivity contribution < 1.29 is 59.3 Å². The summed E-state index contributed by atoms with van der Waals surface area (Å²) in [6.45, 7) is 0. The molecule has 29 valence electrons. The summed E-state index contributed by atoms with van der Waals surface area (Å²) in [5, 5.41) is 0. The van der Waals surface area contributed by atoms with Gasteiger partial charge in [-0.1, -0.05) is 0 Å².